The van der Waals surface area contributed by atoms with E-state index in [1.807, 2.05) is 68.4 Å². The monoisotopic (exact) mass is 380 g/mol. The van der Waals surface area contributed by atoms with Crippen LogP contribution in [0.4, 0.5) is 4.79 Å². The maximum atomic E-state index is 12.6. The first-order chi connectivity index (χ1) is 13.5. The van der Waals surface area contributed by atoms with Gasteiger partial charge in [0.1, 0.15) is 11.5 Å². The fraction of sp³-hybridized carbons (Fsp3) is 0.273. The van der Waals surface area contributed by atoms with Gasteiger partial charge in [-0.15, -0.1) is 0 Å². The number of hydrogen-bond acceptors (Lipinski definition) is 4. The smallest absolute Gasteiger partial charge is 0.338 e. The molecule has 0 saturated carbocycles. The first kappa shape index (κ1) is 19.5. The van der Waals surface area contributed by atoms with Gasteiger partial charge in [-0.1, -0.05) is 44.2 Å². The zero-order valence-electron chi connectivity index (χ0n) is 16.2. The lowest BCUT2D eigenvalue weighted by molar-refractivity contribution is -0.139. The van der Waals surface area contributed by atoms with E-state index in [0.29, 0.717) is 17.0 Å². The molecule has 1 atom stereocenters. The molecule has 3 rings (SSSR count). The van der Waals surface area contributed by atoms with Crippen molar-refractivity contribution in [2.75, 3.05) is 6.61 Å². The van der Waals surface area contributed by atoms with Crippen molar-refractivity contribution in [1.29, 1.82) is 0 Å². The summed E-state index contributed by atoms with van der Waals surface area (Å²) in [5, 5.41) is 5.58. The lowest BCUT2D eigenvalue weighted by Crippen LogP contribution is -2.47. The van der Waals surface area contributed by atoms with E-state index in [1.165, 1.54) is 0 Å². The Morgan fingerprint density at radius 1 is 1.04 bits per heavy atom. The Balaban J connectivity index is 1.91. The van der Waals surface area contributed by atoms with E-state index in [4.69, 9.17) is 9.47 Å². The number of urea groups is 1. The molecule has 1 aliphatic rings. The zero-order valence-corrected chi connectivity index (χ0v) is 16.2. The van der Waals surface area contributed by atoms with Crippen LogP contribution in [0.3, 0.4) is 0 Å². The molecule has 0 spiro atoms. The van der Waals surface area contributed by atoms with Gasteiger partial charge in [-0.25, -0.2) is 9.59 Å². The van der Waals surface area contributed by atoms with Gasteiger partial charge in [0.05, 0.1) is 18.2 Å². The molecule has 0 aromatic heterocycles. The molecule has 2 amide bonds. The molecule has 0 bridgehead atoms. The maximum Gasteiger partial charge on any atom is 0.338 e. The number of para-hydroxylation sites is 1. The van der Waals surface area contributed by atoms with Gasteiger partial charge in [0, 0.05) is 5.70 Å². The fourth-order valence-electron chi connectivity index (χ4n) is 3.08. The molecule has 1 heterocycles. The predicted octanol–water partition coefficient (Wildman–Crippen LogP) is 4.31. The van der Waals surface area contributed by atoms with Crippen LogP contribution in [0.2, 0.25) is 0 Å². The molecule has 0 radical (unpaired) electrons. The van der Waals surface area contributed by atoms with Gasteiger partial charge < -0.3 is 20.1 Å². The number of hydrogen-bond donors (Lipinski definition) is 2. The molecule has 6 heteroatoms. The van der Waals surface area contributed by atoms with Crippen molar-refractivity contribution in [2.45, 2.75) is 26.8 Å². The number of ether oxygens (including phenoxy) is 2. The highest BCUT2D eigenvalue weighted by Gasteiger charge is 2.34. The van der Waals surface area contributed by atoms with Crippen molar-refractivity contribution in [3.05, 3.63) is 71.4 Å². The Morgan fingerprint density at radius 3 is 2.29 bits per heavy atom. The molecule has 0 aliphatic carbocycles. The second kappa shape index (κ2) is 8.61. The van der Waals surface area contributed by atoms with Crippen LogP contribution in [0.25, 0.3) is 0 Å². The summed E-state index contributed by atoms with van der Waals surface area (Å²) in [6.45, 7) is 5.87. The van der Waals surface area contributed by atoms with Crippen LogP contribution in [0.5, 0.6) is 11.5 Å². The highest BCUT2D eigenvalue weighted by atomic mass is 16.5. The highest BCUT2D eigenvalue weighted by Crippen LogP contribution is 2.32. The molecule has 0 fully saturated rings. The number of carbonyl (C=O) groups excluding carboxylic acids is 2. The lowest BCUT2D eigenvalue weighted by atomic mass is 9.91. The third kappa shape index (κ3) is 4.34. The van der Waals surface area contributed by atoms with Crippen LogP contribution in [-0.2, 0) is 9.53 Å². The maximum absolute atomic E-state index is 12.6. The summed E-state index contributed by atoms with van der Waals surface area (Å²) in [5.74, 6) is 0.933. The van der Waals surface area contributed by atoms with Crippen molar-refractivity contribution >= 4 is 12.0 Å². The molecular weight excluding hydrogens is 356 g/mol. The van der Waals surface area contributed by atoms with E-state index in [-0.39, 0.29) is 18.6 Å². The summed E-state index contributed by atoms with van der Waals surface area (Å²) in [7, 11) is 0. The van der Waals surface area contributed by atoms with Crippen molar-refractivity contribution < 1.29 is 19.1 Å². The van der Waals surface area contributed by atoms with E-state index in [9.17, 15) is 9.59 Å². The van der Waals surface area contributed by atoms with Gasteiger partial charge in [-0.3, -0.25) is 0 Å². The Hall–Kier alpha value is -3.28. The van der Waals surface area contributed by atoms with Crippen molar-refractivity contribution in [3.8, 4) is 11.5 Å². The molecule has 6 nitrogen and oxygen atoms in total. The third-order valence-electron chi connectivity index (χ3n) is 4.37. The van der Waals surface area contributed by atoms with E-state index in [0.717, 1.165) is 11.3 Å². The topological polar surface area (TPSA) is 76.7 Å². The number of carbonyl (C=O) groups is 2. The summed E-state index contributed by atoms with van der Waals surface area (Å²) >= 11 is 0. The van der Waals surface area contributed by atoms with E-state index < -0.39 is 12.0 Å². The Bertz CT molecular complexity index is 873. The van der Waals surface area contributed by atoms with Crippen LogP contribution >= 0.6 is 0 Å². The van der Waals surface area contributed by atoms with Crippen LogP contribution in [0.1, 0.15) is 32.4 Å². The third-order valence-corrected chi connectivity index (χ3v) is 4.37. The van der Waals surface area contributed by atoms with Crippen molar-refractivity contribution in [1.82, 2.24) is 10.6 Å². The average molecular weight is 380 g/mol. The van der Waals surface area contributed by atoms with Gasteiger partial charge in [-0.2, -0.15) is 0 Å². The van der Waals surface area contributed by atoms with Crippen LogP contribution in [-0.4, -0.2) is 18.6 Å². The van der Waals surface area contributed by atoms with Gasteiger partial charge >= 0.3 is 12.0 Å². The number of esters is 1. The molecule has 2 aromatic carbocycles. The number of rotatable bonds is 6. The molecule has 2 aromatic rings. The summed E-state index contributed by atoms with van der Waals surface area (Å²) in [6.07, 6.45) is 0. The summed E-state index contributed by atoms with van der Waals surface area (Å²) in [5.41, 5.74) is 1.78. The normalized spacial score (nSPS) is 16.4. The first-order valence-corrected chi connectivity index (χ1v) is 9.31. The minimum absolute atomic E-state index is 0.0337. The number of nitrogens with one attached hydrogen (secondary N) is 2. The van der Waals surface area contributed by atoms with Gasteiger partial charge in [0.15, 0.2) is 0 Å². The van der Waals surface area contributed by atoms with E-state index >= 15 is 0 Å². The molecule has 2 N–H and O–H groups in total. The SMILES string of the molecule is CCOC(=O)C1=C(C(C)C)NC(=O)NC1c1ccc(Oc2ccccc2)cc1. The van der Waals surface area contributed by atoms with E-state index in [1.54, 1.807) is 6.92 Å². The van der Waals surface area contributed by atoms with Gasteiger partial charge in [0.2, 0.25) is 0 Å². The summed E-state index contributed by atoms with van der Waals surface area (Å²) in [4.78, 5) is 24.8. The average Bonchev–Trinajstić information content (AvgIpc) is 2.69. The van der Waals surface area contributed by atoms with Crippen LogP contribution in [0, 0.1) is 5.92 Å². The van der Waals surface area contributed by atoms with Gasteiger partial charge in [-0.05, 0) is 42.7 Å². The minimum Gasteiger partial charge on any atom is -0.463 e. The molecule has 0 saturated heterocycles. The van der Waals surface area contributed by atoms with Crippen LogP contribution < -0.4 is 15.4 Å². The predicted molar refractivity (Wildman–Crippen MR) is 106 cm³/mol. The van der Waals surface area contributed by atoms with Crippen molar-refractivity contribution in [2.24, 2.45) is 5.92 Å². The van der Waals surface area contributed by atoms with Crippen LogP contribution in [0.15, 0.2) is 65.9 Å². The quantitative estimate of drug-likeness (QED) is 0.733. The molecule has 1 unspecified atom stereocenters. The molecule has 1 aliphatic heterocycles. The largest absolute Gasteiger partial charge is 0.463 e. The Kier molecular flexibility index (Phi) is 5.99. The molecular formula is C22H24N2O4. The Morgan fingerprint density at radius 2 is 1.68 bits per heavy atom. The zero-order chi connectivity index (χ0) is 20.1. The lowest BCUT2D eigenvalue weighted by Gasteiger charge is -2.31. The second-order valence-corrected chi connectivity index (χ2v) is 6.72. The number of amides is 2. The molecule has 146 valence electrons. The van der Waals surface area contributed by atoms with Gasteiger partial charge in [0.25, 0.3) is 0 Å². The highest BCUT2D eigenvalue weighted by molar-refractivity contribution is 5.95. The minimum atomic E-state index is -0.587. The second-order valence-electron chi connectivity index (χ2n) is 6.72. The number of benzene rings is 2. The Labute approximate surface area is 164 Å². The summed E-state index contributed by atoms with van der Waals surface area (Å²) in [6, 6.07) is 15.8. The standard InChI is InChI=1S/C22H24N2O4/c1-4-27-21(25)18-19(14(2)3)23-22(26)24-20(18)15-10-12-17(13-11-15)28-16-8-6-5-7-9-16/h5-14,20H,4H2,1-3H3,(H2,23,24,26). The fourth-order valence-corrected chi connectivity index (χ4v) is 3.08. The van der Waals surface area contributed by atoms with E-state index in [2.05, 4.69) is 10.6 Å². The summed E-state index contributed by atoms with van der Waals surface area (Å²) < 4.78 is 11.0. The van der Waals surface area contributed by atoms with Crippen molar-refractivity contribution in [3.63, 3.8) is 0 Å². The molecule has 28 heavy (non-hydrogen) atoms. The number of allylic oxidation sites excluding steroid dienone is 1. The first-order valence-electron chi connectivity index (χ1n) is 9.31.